The van der Waals surface area contributed by atoms with Crippen LogP contribution in [0.1, 0.15) is 90.0 Å². The van der Waals surface area contributed by atoms with E-state index in [0.29, 0.717) is 0 Å². The highest BCUT2D eigenvalue weighted by Crippen LogP contribution is 2.44. The summed E-state index contributed by atoms with van der Waals surface area (Å²) in [7, 11) is 0. The minimum absolute atomic E-state index is 0.744. The number of benzene rings is 6. The van der Waals surface area contributed by atoms with Crippen LogP contribution in [0.15, 0.2) is 121 Å². The normalized spacial score (nSPS) is 12.6. The van der Waals surface area contributed by atoms with Crippen molar-refractivity contribution in [2.24, 2.45) is 0 Å². The van der Waals surface area contributed by atoms with E-state index in [4.69, 9.17) is 0 Å². The van der Waals surface area contributed by atoms with Crippen LogP contribution in [0.4, 0.5) is 34.1 Å². The van der Waals surface area contributed by atoms with Gasteiger partial charge >= 0.3 is 0 Å². The number of aryl methyl sites for hydroxylation is 7. The lowest BCUT2D eigenvalue weighted by atomic mass is 9.98. The second-order valence-corrected chi connectivity index (χ2v) is 15.1. The molecule has 0 heterocycles. The highest BCUT2D eigenvalue weighted by molar-refractivity contribution is 5.84. The predicted octanol–water partition coefficient (Wildman–Crippen LogP) is 14.6. The Hall–Kier alpha value is -5.08. The number of rotatable bonds is 12. The van der Waals surface area contributed by atoms with E-state index in [0.717, 1.165) is 18.8 Å². The van der Waals surface area contributed by atoms with E-state index in [9.17, 15) is 0 Å². The predicted molar refractivity (Wildman–Crippen MR) is 225 cm³/mol. The molecule has 7 rings (SSSR count). The maximum Gasteiger partial charge on any atom is 0.0520 e. The van der Waals surface area contributed by atoms with Crippen molar-refractivity contribution in [3.63, 3.8) is 0 Å². The number of anilines is 6. The lowest BCUT2D eigenvalue weighted by Gasteiger charge is -2.30. The molecule has 2 nitrogen and oxygen atoms in total. The van der Waals surface area contributed by atoms with Crippen LogP contribution < -0.4 is 9.80 Å². The first kappa shape index (κ1) is 35.3. The van der Waals surface area contributed by atoms with E-state index in [1.807, 2.05) is 0 Å². The zero-order valence-corrected chi connectivity index (χ0v) is 32.3. The van der Waals surface area contributed by atoms with Crippen LogP contribution in [0.3, 0.4) is 0 Å². The molecule has 0 atom stereocenters. The van der Waals surface area contributed by atoms with Gasteiger partial charge in [0.2, 0.25) is 0 Å². The van der Waals surface area contributed by atoms with Gasteiger partial charge in [-0.3, -0.25) is 0 Å². The van der Waals surface area contributed by atoms with Crippen LogP contribution >= 0.6 is 0 Å². The topological polar surface area (TPSA) is 6.48 Å². The summed E-state index contributed by atoms with van der Waals surface area (Å²) in [6, 6.07) is 46.0. The Morgan fingerprint density at radius 3 is 1.29 bits per heavy atom. The highest BCUT2D eigenvalue weighted by atomic mass is 15.2. The second kappa shape index (κ2) is 15.3. The molecule has 6 aromatic rings. The molecular weight excluding hydrogens is 629 g/mol. The summed E-state index contributed by atoms with van der Waals surface area (Å²) in [5.74, 6) is 0.744. The van der Waals surface area contributed by atoms with E-state index >= 15 is 0 Å². The zero-order chi connectivity index (χ0) is 36.4. The molecule has 1 aliphatic carbocycles. The molecule has 52 heavy (non-hydrogen) atoms. The minimum Gasteiger partial charge on any atom is -0.310 e. The highest BCUT2D eigenvalue weighted by Gasteiger charge is 2.24. The first-order valence-corrected chi connectivity index (χ1v) is 19.4. The van der Waals surface area contributed by atoms with Gasteiger partial charge < -0.3 is 9.80 Å². The molecule has 0 radical (unpaired) electrons. The molecule has 0 unspecified atom stereocenters. The molecule has 0 saturated heterocycles. The van der Waals surface area contributed by atoms with Crippen LogP contribution in [0.25, 0.3) is 11.1 Å². The number of nitrogens with zero attached hydrogens (tertiary/aromatic N) is 2. The molecule has 0 spiro atoms. The average Bonchev–Trinajstić information content (AvgIpc) is 4.00. The molecular formula is C50H54N2. The van der Waals surface area contributed by atoms with Crippen molar-refractivity contribution in [2.45, 2.75) is 92.9 Å². The van der Waals surface area contributed by atoms with Crippen LogP contribution in [0.5, 0.6) is 0 Å². The lowest BCUT2D eigenvalue weighted by molar-refractivity contribution is 0.794. The van der Waals surface area contributed by atoms with Crippen molar-refractivity contribution in [3.05, 3.63) is 166 Å². The van der Waals surface area contributed by atoms with Crippen LogP contribution in [0.2, 0.25) is 0 Å². The lowest BCUT2D eigenvalue weighted by Crippen LogP contribution is -2.13. The Kier molecular flexibility index (Phi) is 10.4. The van der Waals surface area contributed by atoms with Crippen LogP contribution in [-0.4, -0.2) is 0 Å². The van der Waals surface area contributed by atoms with Gasteiger partial charge in [-0.25, -0.2) is 0 Å². The number of hydrogen-bond donors (Lipinski definition) is 0. The van der Waals surface area contributed by atoms with Crippen LogP contribution in [-0.2, 0) is 12.8 Å². The van der Waals surface area contributed by atoms with E-state index in [1.54, 1.807) is 0 Å². The molecule has 264 valence electrons. The fourth-order valence-electron chi connectivity index (χ4n) is 8.06. The fraction of sp³-hybridized carbons (Fsp3) is 0.280. The standard InChI is InChI=1S/C50H54N2/c1-8-10-11-40-32-37(6)50(38(7)33-40)51(45-22-12-39(9-2)13-23-45)46-26-18-43(19-27-46)44-20-28-48(29-21-44)52(49-35(4)30-34(3)31-36(49)5)47-24-16-42(17-25-47)41-14-15-41/h12-13,16-33,41H,8-11,14-15H2,1-7H3. The summed E-state index contributed by atoms with van der Waals surface area (Å²) in [6.07, 6.45) is 7.23. The Labute approximate surface area is 312 Å². The van der Waals surface area contributed by atoms with Crippen molar-refractivity contribution in [3.8, 4) is 11.1 Å². The summed E-state index contributed by atoms with van der Waals surface area (Å²) >= 11 is 0. The van der Waals surface area contributed by atoms with Gasteiger partial charge in [0.25, 0.3) is 0 Å². The Bertz CT molecular complexity index is 2090. The van der Waals surface area contributed by atoms with Gasteiger partial charge in [0.1, 0.15) is 0 Å². The third-order valence-corrected chi connectivity index (χ3v) is 10.8. The average molecular weight is 683 g/mol. The van der Waals surface area contributed by atoms with Crippen molar-refractivity contribution >= 4 is 34.1 Å². The van der Waals surface area contributed by atoms with Crippen molar-refractivity contribution in [1.29, 1.82) is 0 Å². The maximum atomic E-state index is 2.44. The molecule has 2 heteroatoms. The molecule has 0 aromatic heterocycles. The molecule has 0 bridgehead atoms. The van der Waals surface area contributed by atoms with Gasteiger partial charge in [-0.15, -0.1) is 0 Å². The SMILES string of the molecule is CCCCc1cc(C)c(N(c2ccc(CC)cc2)c2ccc(-c3ccc(N(c4ccc(C5CC5)cc4)c4c(C)cc(C)cc4C)cc3)cc2)c(C)c1. The van der Waals surface area contributed by atoms with E-state index in [1.165, 1.54) is 115 Å². The maximum absolute atomic E-state index is 2.44. The summed E-state index contributed by atoms with van der Waals surface area (Å²) in [5, 5.41) is 0. The monoisotopic (exact) mass is 682 g/mol. The summed E-state index contributed by atoms with van der Waals surface area (Å²) in [5.41, 5.74) is 20.4. The number of hydrogen-bond acceptors (Lipinski definition) is 2. The van der Waals surface area contributed by atoms with Gasteiger partial charge in [0.05, 0.1) is 11.4 Å². The third-order valence-electron chi connectivity index (χ3n) is 10.8. The zero-order valence-electron chi connectivity index (χ0n) is 32.3. The first-order chi connectivity index (χ1) is 25.2. The quantitative estimate of drug-likeness (QED) is 0.127. The Morgan fingerprint density at radius 2 is 0.885 bits per heavy atom. The van der Waals surface area contributed by atoms with Crippen molar-refractivity contribution < 1.29 is 0 Å². The molecule has 6 aromatic carbocycles. The van der Waals surface area contributed by atoms with Crippen molar-refractivity contribution in [1.82, 2.24) is 0 Å². The smallest absolute Gasteiger partial charge is 0.0520 e. The summed E-state index contributed by atoms with van der Waals surface area (Å²) < 4.78 is 0. The first-order valence-electron chi connectivity index (χ1n) is 19.4. The van der Waals surface area contributed by atoms with Gasteiger partial charge in [0.15, 0.2) is 0 Å². The Balaban J connectivity index is 1.23. The van der Waals surface area contributed by atoms with E-state index in [2.05, 4.69) is 180 Å². The minimum atomic E-state index is 0.744. The second-order valence-electron chi connectivity index (χ2n) is 15.1. The van der Waals surface area contributed by atoms with Gasteiger partial charge in [-0.1, -0.05) is 98.6 Å². The number of unbranched alkanes of at least 4 members (excludes halogenated alkanes) is 1. The van der Waals surface area contributed by atoms with E-state index < -0.39 is 0 Å². The molecule has 1 aliphatic rings. The van der Waals surface area contributed by atoms with Crippen molar-refractivity contribution in [2.75, 3.05) is 9.80 Å². The molecule has 1 fully saturated rings. The van der Waals surface area contributed by atoms with E-state index in [-0.39, 0.29) is 0 Å². The molecule has 0 N–H and O–H groups in total. The Morgan fingerprint density at radius 1 is 0.481 bits per heavy atom. The fourth-order valence-corrected chi connectivity index (χ4v) is 8.06. The molecule has 1 saturated carbocycles. The molecule has 0 aliphatic heterocycles. The third kappa shape index (κ3) is 7.44. The van der Waals surface area contributed by atoms with Crippen LogP contribution in [0, 0.1) is 34.6 Å². The van der Waals surface area contributed by atoms with Gasteiger partial charge in [-0.05, 0) is 171 Å². The summed E-state index contributed by atoms with van der Waals surface area (Å²) in [4.78, 5) is 4.88. The molecule has 0 amide bonds. The summed E-state index contributed by atoms with van der Waals surface area (Å²) in [6.45, 7) is 15.7. The largest absolute Gasteiger partial charge is 0.310 e. The van der Waals surface area contributed by atoms with Gasteiger partial charge in [-0.2, -0.15) is 0 Å². The van der Waals surface area contributed by atoms with Gasteiger partial charge in [0, 0.05) is 22.7 Å².